The lowest BCUT2D eigenvalue weighted by atomic mass is 10.2. The van der Waals surface area contributed by atoms with Gasteiger partial charge < -0.3 is 20.1 Å². The number of methoxy groups -OCH3 is 2. The van der Waals surface area contributed by atoms with Gasteiger partial charge >= 0.3 is 0 Å². The van der Waals surface area contributed by atoms with Gasteiger partial charge in [0.15, 0.2) is 11.5 Å². The van der Waals surface area contributed by atoms with E-state index in [-0.39, 0.29) is 18.4 Å². The van der Waals surface area contributed by atoms with Crippen molar-refractivity contribution in [2.45, 2.75) is 13.8 Å². The number of benzene rings is 1. The first-order chi connectivity index (χ1) is 9.97. The third-order valence-corrected chi connectivity index (χ3v) is 2.76. The summed E-state index contributed by atoms with van der Waals surface area (Å²) in [5, 5.41) is 5.30. The van der Waals surface area contributed by atoms with Crippen molar-refractivity contribution in [3.05, 3.63) is 23.8 Å². The van der Waals surface area contributed by atoms with E-state index in [1.807, 2.05) is 13.8 Å². The van der Waals surface area contributed by atoms with Crippen molar-refractivity contribution in [2.24, 2.45) is 5.92 Å². The van der Waals surface area contributed by atoms with E-state index < -0.39 is 0 Å². The van der Waals surface area contributed by atoms with E-state index >= 15 is 0 Å². The molecule has 0 aliphatic heterocycles. The summed E-state index contributed by atoms with van der Waals surface area (Å²) in [6.07, 6.45) is 0. The molecule has 0 aliphatic carbocycles. The van der Waals surface area contributed by atoms with Crippen molar-refractivity contribution >= 4 is 11.8 Å². The molecule has 1 aromatic carbocycles. The summed E-state index contributed by atoms with van der Waals surface area (Å²) in [6.45, 7) is 4.54. The quantitative estimate of drug-likeness (QED) is 0.792. The topological polar surface area (TPSA) is 76.7 Å². The largest absolute Gasteiger partial charge is 0.493 e. The highest BCUT2D eigenvalue weighted by atomic mass is 16.5. The molecule has 0 unspecified atom stereocenters. The molecule has 1 rings (SSSR count). The zero-order chi connectivity index (χ0) is 15.8. The molecule has 2 amide bonds. The summed E-state index contributed by atoms with van der Waals surface area (Å²) >= 11 is 0. The molecule has 0 aliphatic rings. The molecule has 0 heterocycles. The maximum absolute atomic E-state index is 12.0. The van der Waals surface area contributed by atoms with Gasteiger partial charge in [0.2, 0.25) is 5.91 Å². The number of carbonyl (C=O) groups excluding carboxylic acids is 2. The van der Waals surface area contributed by atoms with Crippen LogP contribution in [0.5, 0.6) is 11.5 Å². The normalized spacial score (nSPS) is 10.1. The molecule has 0 saturated carbocycles. The zero-order valence-corrected chi connectivity index (χ0v) is 12.9. The molecule has 0 aromatic heterocycles. The van der Waals surface area contributed by atoms with E-state index in [4.69, 9.17) is 9.47 Å². The zero-order valence-electron chi connectivity index (χ0n) is 12.9. The highest BCUT2D eigenvalue weighted by molar-refractivity contribution is 5.97. The maximum atomic E-state index is 12.0. The van der Waals surface area contributed by atoms with E-state index in [9.17, 15) is 9.59 Å². The fourth-order valence-corrected chi connectivity index (χ4v) is 1.62. The summed E-state index contributed by atoms with van der Waals surface area (Å²) in [5.41, 5.74) is 0.407. The Morgan fingerprint density at radius 3 is 2.33 bits per heavy atom. The van der Waals surface area contributed by atoms with E-state index in [0.29, 0.717) is 29.5 Å². The van der Waals surface area contributed by atoms with Crippen LogP contribution in [0, 0.1) is 5.92 Å². The molecule has 0 saturated heterocycles. The molecule has 6 heteroatoms. The van der Waals surface area contributed by atoms with Gasteiger partial charge in [-0.1, -0.05) is 13.8 Å². The second-order valence-corrected chi connectivity index (χ2v) is 4.95. The predicted molar refractivity (Wildman–Crippen MR) is 79.7 cm³/mol. The Kier molecular flexibility index (Phi) is 6.52. The summed E-state index contributed by atoms with van der Waals surface area (Å²) in [6, 6.07) is 4.83. The number of amides is 2. The van der Waals surface area contributed by atoms with Crippen LogP contribution in [0.2, 0.25) is 0 Å². The lowest BCUT2D eigenvalue weighted by Crippen LogP contribution is -2.38. The minimum Gasteiger partial charge on any atom is -0.493 e. The van der Waals surface area contributed by atoms with Gasteiger partial charge in [-0.3, -0.25) is 9.59 Å². The molecule has 1 aromatic rings. The molecule has 6 nitrogen and oxygen atoms in total. The van der Waals surface area contributed by atoms with Crippen molar-refractivity contribution in [1.29, 1.82) is 0 Å². The molecule has 116 valence electrons. The van der Waals surface area contributed by atoms with Crippen LogP contribution in [0.4, 0.5) is 0 Å². The Morgan fingerprint density at radius 2 is 1.76 bits per heavy atom. The van der Waals surface area contributed by atoms with Crippen LogP contribution in [0.15, 0.2) is 18.2 Å². The number of ether oxygens (including phenoxy) is 2. The molecule has 0 spiro atoms. The fourth-order valence-electron chi connectivity index (χ4n) is 1.62. The van der Waals surface area contributed by atoms with Gasteiger partial charge in [-0.2, -0.15) is 0 Å². The van der Waals surface area contributed by atoms with Gasteiger partial charge in [0.05, 0.1) is 20.8 Å². The summed E-state index contributed by atoms with van der Waals surface area (Å²) in [7, 11) is 3.02. The second-order valence-electron chi connectivity index (χ2n) is 4.95. The molecule has 0 radical (unpaired) electrons. The van der Waals surface area contributed by atoms with Gasteiger partial charge in [0.25, 0.3) is 5.91 Å². The standard InChI is InChI=1S/C15H22N2O4/c1-10(2)8-16-14(18)9-17-15(19)11-5-6-12(20-3)13(7-11)21-4/h5-7,10H,8-9H2,1-4H3,(H,16,18)(H,17,19). The Hall–Kier alpha value is -2.24. The monoisotopic (exact) mass is 294 g/mol. The number of nitrogens with one attached hydrogen (secondary N) is 2. The Morgan fingerprint density at radius 1 is 1.10 bits per heavy atom. The average molecular weight is 294 g/mol. The fraction of sp³-hybridized carbons (Fsp3) is 0.467. The third kappa shape index (κ3) is 5.33. The Labute approximate surface area is 124 Å². The van der Waals surface area contributed by atoms with Gasteiger partial charge in [-0.25, -0.2) is 0 Å². The number of hydrogen-bond donors (Lipinski definition) is 2. The van der Waals surface area contributed by atoms with Crippen molar-refractivity contribution in [3.8, 4) is 11.5 Å². The van der Waals surface area contributed by atoms with E-state index in [1.54, 1.807) is 18.2 Å². The van der Waals surface area contributed by atoms with Crippen LogP contribution in [0.1, 0.15) is 24.2 Å². The second kappa shape index (κ2) is 8.14. The van der Waals surface area contributed by atoms with Crippen LogP contribution in [0.25, 0.3) is 0 Å². The average Bonchev–Trinajstić information content (AvgIpc) is 2.49. The van der Waals surface area contributed by atoms with Crippen LogP contribution < -0.4 is 20.1 Å². The summed E-state index contributed by atoms with van der Waals surface area (Å²) in [5.74, 6) is 0.835. The number of carbonyl (C=O) groups is 2. The van der Waals surface area contributed by atoms with E-state index in [0.717, 1.165) is 0 Å². The van der Waals surface area contributed by atoms with E-state index in [1.165, 1.54) is 14.2 Å². The molecule has 0 atom stereocenters. The first kappa shape index (κ1) is 16.8. The predicted octanol–water partition coefficient (Wildman–Crippen LogP) is 1.21. The number of rotatable bonds is 7. The first-order valence-electron chi connectivity index (χ1n) is 6.74. The third-order valence-electron chi connectivity index (χ3n) is 2.76. The highest BCUT2D eigenvalue weighted by Gasteiger charge is 2.11. The van der Waals surface area contributed by atoms with Crippen molar-refractivity contribution < 1.29 is 19.1 Å². The van der Waals surface area contributed by atoms with E-state index in [2.05, 4.69) is 10.6 Å². The van der Waals surface area contributed by atoms with Crippen LogP contribution in [-0.4, -0.2) is 39.1 Å². The molecule has 2 N–H and O–H groups in total. The lowest BCUT2D eigenvalue weighted by molar-refractivity contribution is -0.120. The summed E-state index contributed by atoms with van der Waals surface area (Å²) < 4.78 is 10.2. The molecule has 21 heavy (non-hydrogen) atoms. The van der Waals surface area contributed by atoms with Crippen molar-refractivity contribution in [3.63, 3.8) is 0 Å². The van der Waals surface area contributed by atoms with Gasteiger partial charge in [-0.05, 0) is 24.1 Å². The SMILES string of the molecule is COc1ccc(C(=O)NCC(=O)NCC(C)C)cc1OC. The lowest BCUT2D eigenvalue weighted by Gasteiger charge is -2.11. The maximum Gasteiger partial charge on any atom is 0.251 e. The van der Waals surface area contributed by atoms with Crippen LogP contribution in [-0.2, 0) is 4.79 Å². The molecular weight excluding hydrogens is 272 g/mol. The highest BCUT2D eigenvalue weighted by Crippen LogP contribution is 2.27. The van der Waals surface area contributed by atoms with Crippen molar-refractivity contribution in [2.75, 3.05) is 27.3 Å². The molecular formula is C15H22N2O4. The smallest absolute Gasteiger partial charge is 0.251 e. The molecule has 0 fully saturated rings. The number of hydrogen-bond acceptors (Lipinski definition) is 4. The summed E-state index contributed by atoms with van der Waals surface area (Å²) in [4.78, 5) is 23.5. The van der Waals surface area contributed by atoms with Gasteiger partial charge in [-0.15, -0.1) is 0 Å². The minimum atomic E-state index is -0.337. The Bertz CT molecular complexity index is 500. The van der Waals surface area contributed by atoms with Gasteiger partial charge in [0, 0.05) is 12.1 Å². The molecule has 0 bridgehead atoms. The van der Waals surface area contributed by atoms with Crippen LogP contribution >= 0.6 is 0 Å². The van der Waals surface area contributed by atoms with Crippen molar-refractivity contribution in [1.82, 2.24) is 10.6 Å². The first-order valence-corrected chi connectivity index (χ1v) is 6.74. The minimum absolute atomic E-state index is 0.0557. The van der Waals surface area contributed by atoms with Crippen LogP contribution in [0.3, 0.4) is 0 Å². The Balaban J connectivity index is 2.58. The van der Waals surface area contributed by atoms with Gasteiger partial charge in [0.1, 0.15) is 0 Å².